The average molecular weight is 248 g/mol. The van der Waals surface area contributed by atoms with Crippen LogP contribution in [0.3, 0.4) is 0 Å². The van der Waals surface area contributed by atoms with Gasteiger partial charge in [0.2, 0.25) is 0 Å². The van der Waals surface area contributed by atoms with Crippen LogP contribution in [-0.2, 0) is 12.8 Å². The molecule has 2 aromatic rings. The van der Waals surface area contributed by atoms with Crippen molar-refractivity contribution in [3.8, 4) is 0 Å². The van der Waals surface area contributed by atoms with E-state index in [0.29, 0.717) is 6.42 Å². The molecule has 0 aliphatic heterocycles. The summed E-state index contributed by atoms with van der Waals surface area (Å²) in [5, 5.41) is 12.5. The molecule has 1 N–H and O–H groups in total. The Morgan fingerprint density at radius 2 is 2.41 bits per heavy atom. The van der Waals surface area contributed by atoms with Crippen LogP contribution in [0.5, 0.6) is 0 Å². The van der Waals surface area contributed by atoms with Crippen LogP contribution in [0.1, 0.15) is 35.0 Å². The van der Waals surface area contributed by atoms with Crippen molar-refractivity contribution in [1.29, 1.82) is 0 Å². The zero-order chi connectivity index (χ0) is 11.7. The molecule has 2 aromatic heterocycles. The molecule has 0 amide bonds. The second-order valence-corrected chi connectivity index (χ2v) is 5.65. The lowest BCUT2D eigenvalue weighted by atomic mass is 9.82. The van der Waals surface area contributed by atoms with Gasteiger partial charge in [-0.1, -0.05) is 0 Å². The molecule has 0 saturated carbocycles. The lowest BCUT2D eigenvalue weighted by molar-refractivity contribution is 0.129. The first-order valence-corrected chi connectivity index (χ1v) is 6.99. The fourth-order valence-corrected chi connectivity index (χ4v) is 3.70. The molecule has 1 aliphatic rings. The van der Waals surface area contributed by atoms with Gasteiger partial charge in [0.25, 0.3) is 0 Å². The van der Waals surface area contributed by atoms with Crippen LogP contribution in [0, 0.1) is 0 Å². The number of fused-ring (bicyclic) bond motifs is 1. The molecule has 0 aromatic carbocycles. The molecular formula is C14H16O2S. The highest BCUT2D eigenvalue weighted by molar-refractivity contribution is 7.10. The van der Waals surface area contributed by atoms with Crippen LogP contribution in [0.4, 0.5) is 0 Å². The average Bonchev–Trinajstić information content (AvgIpc) is 2.97. The van der Waals surface area contributed by atoms with E-state index in [1.165, 1.54) is 23.3 Å². The maximum absolute atomic E-state index is 10.4. The van der Waals surface area contributed by atoms with E-state index in [2.05, 4.69) is 11.4 Å². The maximum Gasteiger partial charge on any atom is 0.106 e. The van der Waals surface area contributed by atoms with Gasteiger partial charge in [-0.15, -0.1) is 11.3 Å². The van der Waals surface area contributed by atoms with Crippen LogP contribution >= 0.6 is 11.3 Å². The lowest BCUT2D eigenvalue weighted by Gasteiger charge is -2.26. The van der Waals surface area contributed by atoms with Crippen molar-refractivity contribution in [1.82, 2.24) is 0 Å². The van der Waals surface area contributed by atoms with Crippen molar-refractivity contribution < 1.29 is 9.52 Å². The molecule has 3 rings (SSSR count). The van der Waals surface area contributed by atoms with E-state index in [1.54, 1.807) is 6.26 Å². The molecule has 2 nitrogen and oxygen atoms in total. The summed E-state index contributed by atoms with van der Waals surface area (Å²) in [5.41, 5.74) is 1.36. The molecule has 3 heteroatoms. The molecular weight excluding hydrogens is 232 g/mol. The molecule has 0 bridgehead atoms. The Balaban J connectivity index is 1.77. The highest BCUT2D eigenvalue weighted by Gasteiger charge is 2.27. The summed E-state index contributed by atoms with van der Waals surface area (Å²) in [6.07, 6.45) is 5.41. The van der Waals surface area contributed by atoms with Crippen molar-refractivity contribution in [2.75, 3.05) is 0 Å². The quantitative estimate of drug-likeness (QED) is 0.903. The minimum absolute atomic E-state index is 0.287. The van der Waals surface area contributed by atoms with Crippen molar-refractivity contribution in [2.45, 2.75) is 37.7 Å². The van der Waals surface area contributed by atoms with Gasteiger partial charge >= 0.3 is 0 Å². The normalized spacial score (nSPS) is 21.1. The number of aliphatic hydroxyl groups is 1. The fourth-order valence-electron chi connectivity index (χ4n) is 2.70. The highest BCUT2D eigenvalue weighted by Crippen LogP contribution is 2.37. The van der Waals surface area contributed by atoms with Crippen molar-refractivity contribution in [3.63, 3.8) is 0 Å². The van der Waals surface area contributed by atoms with Gasteiger partial charge in [-0.25, -0.2) is 0 Å². The zero-order valence-corrected chi connectivity index (χ0v) is 10.5. The summed E-state index contributed by atoms with van der Waals surface area (Å²) in [6.45, 7) is 0. The number of hydrogen-bond donors (Lipinski definition) is 1. The van der Waals surface area contributed by atoms with Gasteiger partial charge in [-0.05, 0) is 48.4 Å². The van der Waals surface area contributed by atoms with Gasteiger partial charge in [0.05, 0.1) is 12.4 Å². The van der Waals surface area contributed by atoms with Gasteiger partial charge in [-0.3, -0.25) is 0 Å². The van der Waals surface area contributed by atoms with Gasteiger partial charge < -0.3 is 9.52 Å². The highest BCUT2D eigenvalue weighted by atomic mass is 32.1. The number of furan rings is 1. The summed E-state index contributed by atoms with van der Waals surface area (Å²) < 4.78 is 5.31. The number of thiophene rings is 1. The van der Waals surface area contributed by atoms with E-state index in [0.717, 1.165) is 12.2 Å². The molecule has 2 unspecified atom stereocenters. The summed E-state index contributed by atoms with van der Waals surface area (Å²) >= 11 is 1.82. The number of aryl methyl sites for hydroxylation is 1. The Bertz CT molecular complexity index is 472. The Morgan fingerprint density at radius 3 is 3.24 bits per heavy atom. The molecule has 90 valence electrons. The number of aliphatic hydroxyl groups excluding tert-OH is 1. The Morgan fingerprint density at radius 1 is 1.47 bits per heavy atom. The predicted molar refractivity (Wildman–Crippen MR) is 68.4 cm³/mol. The minimum atomic E-state index is -0.324. The van der Waals surface area contributed by atoms with Crippen LogP contribution in [0.15, 0.2) is 34.3 Å². The third-order valence-corrected chi connectivity index (χ3v) is 4.55. The Labute approximate surface area is 105 Å². The van der Waals surface area contributed by atoms with Crippen LogP contribution in [-0.4, -0.2) is 11.2 Å². The third kappa shape index (κ3) is 2.17. The minimum Gasteiger partial charge on any atom is -0.469 e. The number of hydrogen-bond acceptors (Lipinski definition) is 3. The molecule has 0 spiro atoms. The van der Waals surface area contributed by atoms with E-state index in [9.17, 15) is 5.11 Å². The monoisotopic (exact) mass is 248 g/mol. The lowest BCUT2D eigenvalue weighted by Crippen LogP contribution is -2.23. The van der Waals surface area contributed by atoms with Gasteiger partial charge in [0, 0.05) is 17.2 Å². The van der Waals surface area contributed by atoms with Gasteiger partial charge in [0.15, 0.2) is 0 Å². The van der Waals surface area contributed by atoms with Crippen molar-refractivity contribution in [2.24, 2.45) is 0 Å². The summed E-state index contributed by atoms with van der Waals surface area (Å²) in [5.74, 6) is 1.16. The standard InChI is InChI=1S/C14H16O2S/c15-13(9-10-3-2-7-16-10)11-4-1-5-14-12(11)6-8-17-14/h2-3,6-8,11,13,15H,1,4-5,9H2. The van der Waals surface area contributed by atoms with Gasteiger partial charge in [-0.2, -0.15) is 0 Å². The molecule has 0 saturated heterocycles. The third-order valence-electron chi connectivity index (χ3n) is 3.55. The first-order valence-electron chi connectivity index (χ1n) is 6.11. The Hall–Kier alpha value is -1.06. The first kappa shape index (κ1) is 11.1. The van der Waals surface area contributed by atoms with Crippen molar-refractivity contribution in [3.05, 3.63) is 46.0 Å². The Kier molecular flexibility index (Phi) is 3.04. The molecule has 17 heavy (non-hydrogen) atoms. The van der Waals surface area contributed by atoms with E-state index >= 15 is 0 Å². The van der Waals surface area contributed by atoms with E-state index in [-0.39, 0.29) is 12.0 Å². The molecule has 2 atom stereocenters. The van der Waals surface area contributed by atoms with Crippen LogP contribution in [0.2, 0.25) is 0 Å². The summed E-state index contributed by atoms with van der Waals surface area (Å²) in [4.78, 5) is 1.46. The van der Waals surface area contributed by atoms with E-state index in [4.69, 9.17) is 4.42 Å². The summed E-state index contributed by atoms with van der Waals surface area (Å²) in [7, 11) is 0. The largest absolute Gasteiger partial charge is 0.469 e. The van der Waals surface area contributed by atoms with Crippen LogP contribution in [0.25, 0.3) is 0 Å². The SMILES string of the molecule is OC(Cc1ccco1)C1CCCc2sccc21. The topological polar surface area (TPSA) is 33.4 Å². The number of rotatable bonds is 3. The van der Waals surface area contributed by atoms with Gasteiger partial charge in [0.1, 0.15) is 5.76 Å². The second-order valence-electron chi connectivity index (χ2n) is 4.65. The van der Waals surface area contributed by atoms with E-state index in [1.807, 2.05) is 23.5 Å². The molecule has 0 radical (unpaired) electrons. The predicted octanol–water partition coefficient (Wildman–Crippen LogP) is 3.36. The molecule has 0 fully saturated rings. The van der Waals surface area contributed by atoms with E-state index < -0.39 is 0 Å². The first-order chi connectivity index (χ1) is 8.34. The summed E-state index contributed by atoms with van der Waals surface area (Å²) in [6, 6.07) is 5.98. The van der Waals surface area contributed by atoms with Crippen LogP contribution < -0.4 is 0 Å². The van der Waals surface area contributed by atoms with Crippen molar-refractivity contribution >= 4 is 11.3 Å². The second kappa shape index (κ2) is 4.67. The fraction of sp³-hybridized carbons (Fsp3) is 0.429. The zero-order valence-electron chi connectivity index (χ0n) is 9.63. The smallest absolute Gasteiger partial charge is 0.106 e. The molecule has 1 aliphatic carbocycles. The molecule has 2 heterocycles. The maximum atomic E-state index is 10.4.